The maximum Gasteiger partial charge on any atom is 0.326 e. The van der Waals surface area contributed by atoms with Gasteiger partial charge in [-0.15, -0.1) is 11.3 Å². The molecule has 21 heavy (non-hydrogen) atoms. The summed E-state index contributed by atoms with van der Waals surface area (Å²) in [5.74, 6) is -2.19. The van der Waals surface area contributed by atoms with E-state index >= 15 is 0 Å². The minimum atomic E-state index is -1.19. The molecule has 1 rings (SSSR count). The van der Waals surface area contributed by atoms with Gasteiger partial charge in [0.2, 0.25) is 0 Å². The van der Waals surface area contributed by atoms with Crippen LogP contribution < -0.4 is 10.6 Å². The zero-order chi connectivity index (χ0) is 15.8. The van der Waals surface area contributed by atoms with E-state index in [9.17, 15) is 14.4 Å². The van der Waals surface area contributed by atoms with Gasteiger partial charge in [0, 0.05) is 17.5 Å². The Bertz CT molecular complexity index is 517. The van der Waals surface area contributed by atoms with Crippen LogP contribution in [0.4, 0.5) is 4.79 Å². The molecule has 1 heterocycles. The van der Waals surface area contributed by atoms with Crippen LogP contribution in [0.15, 0.2) is 6.20 Å². The predicted octanol–water partition coefficient (Wildman–Crippen LogP) is 0.959. The van der Waals surface area contributed by atoms with Crippen LogP contribution in [0.2, 0.25) is 0 Å². The van der Waals surface area contributed by atoms with E-state index in [0.29, 0.717) is 0 Å². The first-order valence-corrected chi connectivity index (χ1v) is 7.10. The van der Waals surface area contributed by atoms with Crippen molar-refractivity contribution >= 4 is 29.3 Å². The average Bonchev–Trinajstić information content (AvgIpc) is 2.80. The predicted molar refractivity (Wildman–Crippen MR) is 75.1 cm³/mol. The largest absolute Gasteiger partial charge is 0.481 e. The third-order valence-corrected chi connectivity index (χ3v) is 3.49. The average molecular weight is 315 g/mol. The van der Waals surface area contributed by atoms with Gasteiger partial charge in [0.15, 0.2) is 0 Å². The Morgan fingerprint density at radius 3 is 2.62 bits per heavy atom. The van der Waals surface area contributed by atoms with Gasteiger partial charge in [-0.25, -0.2) is 14.6 Å². The number of carboxylic acids is 2. The molecule has 116 valence electrons. The van der Waals surface area contributed by atoms with Crippen molar-refractivity contribution in [1.82, 2.24) is 15.6 Å². The Labute approximate surface area is 125 Å². The Balaban J connectivity index is 2.37. The summed E-state index contributed by atoms with van der Waals surface area (Å²) in [6, 6.07) is -1.71. The number of rotatable bonds is 8. The third kappa shape index (κ3) is 6.70. The van der Waals surface area contributed by atoms with Gasteiger partial charge >= 0.3 is 18.0 Å². The Morgan fingerprint density at radius 1 is 1.38 bits per heavy atom. The lowest BCUT2D eigenvalue weighted by Crippen LogP contribution is -2.45. The first kappa shape index (κ1) is 16.9. The van der Waals surface area contributed by atoms with Gasteiger partial charge in [-0.1, -0.05) is 0 Å². The number of carbonyl (C=O) groups is 3. The molecule has 0 aliphatic heterocycles. The van der Waals surface area contributed by atoms with E-state index in [1.54, 1.807) is 6.20 Å². The van der Waals surface area contributed by atoms with Crippen LogP contribution in [0.1, 0.15) is 29.1 Å². The summed E-state index contributed by atoms with van der Waals surface area (Å²) in [7, 11) is 0. The van der Waals surface area contributed by atoms with Crippen LogP contribution in [0.25, 0.3) is 0 Å². The number of aliphatic carboxylic acids is 2. The molecule has 1 aromatic heterocycles. The molecule has 0 unspecified atom stereocenters. The molecule has 0 aromatic carbocycles. The van der Waals surface area contributed by atoms with Gasteiger partial charge in [-0.3, -0.25) is 4.79 Å². The van der Waals surface area contributed by atoms with Crippen LogP contribution in [0.3, 0.4) is 0 Å². The van der Waals surface area contributed by atoms with Gasteiger partial charge in [0.05, 0.1) is 11.6 Å². The summed E-state index contributed by atoms with van der Waals surface area (Å²) in [6.45, 7) is 2.11. The highest BCUT2D eigenvalue weighted by Crippen LogP contribution is 2.10. The van der Waals surface area contributed by atoms with E-state index in [0.717, 1.165) is 9.88 Å². The lowest BCUT2D eigenvalue weighted by molar-refractivity contribution is -0.140. The molecule has 9 heteroatoms. The van der Waals surface area contributed by atoms with Crippen molar-refractivity contribution in [3.63, 3.8) is 0 Å². The first-order valence-electron chi connectivity index (χ1n) is 6.28. The molecule has 0 aliphatic rings. The van der Waals surface area contributed by atoms with Crippen LogP contribution in [-0.4, -0.2) is 39.2 Å². The van der Waals surface area contributed by atoms with Crippen molar-refractivity contribution < 1.29 is 24.6 Å². The van der Waals surface area contributed by atoms with Gasteiger partial charge in [-0.05, 0) is 19.8 Å². The highest BCUT2D eigenvalue weighted by atomic mass is 32.1. The van der Waals surface area contributed by atoms with E-state index in [4.69, 9.17) is 10.2 Å². The topological polar surface area (TPSA) is 129 Å². The van der Waals surface area contributed by atoms with Gasteiger partial charge in [0.25, 0.3) is 0 Å². The molecule has 1 atom stereocenters. The fraction of sp³-hybridized carbons (Fsp3) is 0.500. The quantitative estimate of drug-likeness (QED) is 0.565. The zero-order valence-electron chi connectivity index (χ0n) is 11.5. The van der Waals surface area contributed by atoms with Crippen molar-refractivity contribution in [3.05, 3.63) is 16.1 Å². The first-order chi connectivity index (χ1) is 9.88. The molecule has 1 aromatic rings. The standard InChI is InChI=1S/C12H17N3O5S/c1-7-13-5-8(21-7)6-14-12(20)15-9(11(18)19)3-2-4-10(16)17/h5,9H,2-4,6H2,1H3,(H,16,17)(H,18,19)(H2,14,15,20)/t9-/m1/s1. The minimum absolute atomic E-state index is 0.0642. The zero-order valence-corrected chi connectivity index (χ0v) is 12.3. The number of nitrogens with one attached hydrogen (secondary N) is 2. The number of aryl methyl sites for hydroxylation is 1. The molecule has 0 saturated heterocycles. The lowest BCUT2D eigenvalue weighted by Gasteiger charge is -2.14. The van der Waals surface area contributed by atoms with Crippen molar-refractivity contribution in [2.45, 2.75) is 38.8 Å². The number of carbonyl (C=O) groups excluding carboxylic acids is 1. The molecule has 8 nitrogen and oxygen atoms in total. The number of urea groups is 1. The van der Waals surface area contributed by atoms with E-state index in [-0.39, 0.29) is 25.8 Å². The molecule has 0 saturated carbocycles. The molecular formula is C12H17N3O5S. The summed E-state index contributed by atoms with van der Waals surface area (Å²) in [5.41, 5.74) is 0. The molecule has 0 fully saturated rings. The summed E-state index contributed by atoms with van der Waals surface area (Å²) >= 11 is 1.44. The Kier molecular flexibility index (Phi) is 6.60. The number of nitrogens with zero attached hydrogens (tertiary/aromatic N) is 1. The SMILES string of the molecule is Cc1ncc(CNC(=O)N[C@H](CCCC(=O)O)C(=O)O)s1. The summed E-state index contributed by atoms with van der Waals surface area (Å²) in [5, 5.41) is 23.2. The van der Waals surface area contributed by atoms with E-state index in [2.05, 4.69) is 15.6 Å². The summed E-state index contributed by atoms with van der Waals surface area (Å²) < 4.78 is 0. The highest BCUT2D eigenvalue weighted by molar-refractivity contribution is 7.11. The van der Waals surface area contributed by atoms with Crippen LogP contribution in [0, 0.1) is 6.92 Å². The minimum Gasteiger partial charge on any atom is -0.481 e. The smallest absolute Gasteiger partial charge is 0.326 e. The van der Waals surface area contributed by atoms with Crippen molar-refractivity contribution in [1.29, 1.82) is 0 Å². The van der Waals surface area contributed by atoms with Crippen molar-refractivity contribution in [2.75, 3.05) is 0 Å². The monoisotopic (exact) mass is 315 g/mol. The molecule has 0 bridgehead atoms. The highest BCUT2D eigenvalue weighted by Gasteiger charge is 2.19. The summed E-state index contributed by atoms with van der Waals surface area (Å²) in [6.07, 6.45) is 1.75. The number of thiazole rings is 1. The molecular weight excluding hydrogens is 298 g/mol. The van der Waals surface area contributed by atoms with Crippen LogP contribution >= 0.6 is 11.3 Å². The van der Waals surface area contributed by atoms with Gasteiger partial charge < -0.3 is 20.8 Å². The Morgan fingerprint density at radius 2 is 2.10 bits per heavy atom. The molecule has 0 aliphatic carbocycles. The van der Waals surface area contributed by atoms with Crippen molar-refractivity contribution in [2.24, 2.45) is 0 Å². The second-order valence-electron chi connectivity index (χ2n) is 4.35. The number of carboxylic acid groups (broad SMARTS) is 2. The normalized spacial score (nSPS) is 11.7. The van der Waals surface area contributed by atoms with E-state index in [1.165, 1.54) is 11.3 Å². The second kappa shape index (κ2) is 8.20. The fourth-order valence-electron chi connectivity index (χ4n) is 1.58. The van der Waals surface area contributed by atoms with E-state index < -0.39 is 24.0 Å². The lowest BCUT2D eigenvalue weighted by atomic mass is 10.1. The van der Waals surface area contributed by atoms with Crippen molar-refractivity contribution in [3.8, 4) is 0 Å². The number of hydrogen-bond donors (Lipinski definition) is 4. The maximum atomic E-state index is 11.6. The second-order valence-corrected chi connectivity index (χ2v) is 5.67. The number of hydrogen-bond acceptors (Lipinski definition) is 5. The van der Waals surface area contributed by atoms with Crippen LogP contribution in [-0.2, 0) is 16.1 Å². The molecule has 0 radical (unpaired) electrons. The Hall–Kier alpha value is -2.16. The van der Waals surface area contributed by atoms with Crippen LogP contribution in [0.5, 0.6) is 0 Å². The fourth-order valence-corrected chi connectivity index (χ4v) is 2.31. The van der Waals surface area contributed by atoms with E-state index in [1.807, 2.05) is 6.92 Å². The number of aromatic nitrogens is 1. The maximum absolute atomic E-state index is 11.6. The van der Waals surface area contributed by atoms with Gasteiger partial charge in [0.1, 0.15) is 6.04 Å². The third-order valence-electron chi connectivity index (χ3n) is 2.58. The van der Waals surface area contributed by atoms with Gasteiger partial charge in [-0.2, -0.15) is 0 Å². The molecule has 4 N–H and O–H groups in total. The number of amides is 2. The molecule has 0 spiro atoms. The molecule has 2 amide bonds. The summed E-state index contributed by atoms with van der Waals surface area (Å²) in [4.78, 5) is 37.9.